The fourth-order valence-corrected chi connectivity index (χ4v) is 2.80. The standard InChI is InChI=1S/C17H27N3O/c1-14-5-4-6-15(11-14)12-16(21)19-7-9-20(10-8-19)17(2,3)13-18/h4-6,11H,7-10,12-13,18H2,1-3H3. The Kier molecular flexibility index (Phi) is 5.01. The van der Waals surface area contributed by atoms with Crippen LogP contribution in [0.4, 0.5) is 0 Å². The minimum absolute atomic E-state index is 0.0195. The van der Waals surface area contributed by atoms with Crippen LogP contribution in [0, 0.1) is 6.92 Å². The van der Waals surface area contributed by atoms with Gasteiger partial charge in [0, 0.05) is 38.3 Å². The molecule has 0 aliphatic carbocycles. The van der Waals surface area contributed by atoms with E-state index in [9.17, 15) is 4.79 Å². The molecule has 116 valence electrons. The van der Waals surface area contributed by atoms with Gasteiger partial charge < -0.3 is 10.6 Å². The van der Waals surface area contributed by atoms with Crippen LogP contribution in [0.5, 0.6) is 0 Å². The summed E-state index contributed by atoms with van der Waals surface area (Å²) in [6.45, 7) is 10.4. The van der Waals surface area contributed by atoms with Gasteiger partial charge in [-0.05, 0) is 26.3 Å². The fourth-order valence-electron chi connectivity index (χ4n) is 2.80. The van der Waals surface area contributed by atoms with Crippen LogP contribution in [0.15, 0.2) is 24.3 Å². The van der Waals surface area contributed by atoms with Gasteiger partial charge in [0.05, 0.1) is 6.42 Å². The van der Waals surface area contributed by atoms with Crippen molar-refractivity contribution in [3.63, 3.8) is 0 Å². The van der Waals surface area contributed by atoms with E-state index in [0.717, 1.165) is 31.7 Å². The summed E-state index contributed by atoms with van der Waals surface area (Å²) in [6.07, 6.45) is 0.502. The van der Waals surface area contributed by atoms with E-state index < -0.39 is 0 Å². The molecule has 4 nitrogen and oxygen atoms in total. The van der Waals surface area contributed by atoms with Crippen molar-refractivity contribution >= 4 is 5.91 Å². The van der Waals surface area contributed by atoms with Crippen molar-refractivity contribution < 1.29 is 4.79 Å². The van der Waals surface area contributed by atoms with Gasteiger partial charge >= 0.3 is 0 Å². The molecule has 1 aliphatic heterocycles. The molecule has 1 aromatic rings. The van der Waals surface area contributed by atoms with Crippen molar-refractivity contribution in [3.8, 4) is 0 Å². The Balaban J connectivity index is 1.89. The molecule has 21 heavy (non-hydrogen) atoms. The van der Waals surface area contributed by atoms with Gasteiger partial charge in [0.25, 0.3) is 0 Å². The van der Waals surface area contributed by atoms with E-state index in [4.69, 9.17) is 5.73 Å². The number of carbonyl (C=O) groups is 1. The first-order valence-corrected chi connectivity index (χ1v) is 7.71. The van der Waals surface area contributed by atoms with E-state index in [1.807, 2.05) is 17.0 Å². The van der Waals surface area contributed by atoms with Crippen molar-refractivity contribution in [3.05, 3.63) is 35.4 Å². The lowest BCUT2D eigenvalue weighted by atomic mass is 10.0. The summed E-state index contributed by atoms with van der Waals surface area (Å²) in [4.78, 5) is 16.7. The first-order valence-electron chi connectivity index (χ1n) is 7.71. The molecule has 1 amide bonds. The molecule has 1 saturated heterocycles. The Hall–Kier alpha value is -1.39. The summed E-state index contributed by atoms with van der Waals surface area (Å²) < 4.78 is 0. The molecule has 1 aromatic carbocycles. The highest BCUT2D eigenvalue weighted by atomic mass is 16.2. The van der Waals surface area contributed by atoms with Gasteiger partial charge in [0.1, 0.15) is 0 Å². The molecular weight excluding hydrogens is 262 g/mol. The SMILES string of the molecule is Cc1cccc(CC(=O)N2CCN(C(C)(C)CN)CC2)c1. The van der Waals surface area contributed by atoms with E-state index in [1.165, 1.54) is 5.56 Å². The number of amides is 1. The second-order valence-electron chi connectivity index (χ2n) is 6.55. The average Bonchev–Trinajstić information content (AvgIpc) is 2.47. The van der Waals surface area contributed by atoms with Gasteiger partial charge in [0.2, 0.25) is 5.91 Å². The maximum absolute atomic E-state index is 12.4. The van der Waals surface area contributed by atoms with Gasteiger partial charge in [-0.1, -0.05) is 29.8 Å². The van der Waals surface area contributed by atoms with Crippen LogP contribution >= 0.6 is 0 Å². The molecule has 1 aliphatic rings. The van der Waals surface area contributed by atoms with Crippen LogP contribution in [0.2, 0.25) is 0 Å². The molecule has 1 fully saturated rings. The number of benzene rings is 1. The number of hydrogen-bond acceptors (Lipinski definition) is 3. The molecule has 0 aromatic heterocycles. The van der Waals surface area contributed by atoms with E-state index in [0.29, 0.717) is 13.0 Å². The minimum Gasteiger partial charge on any atom is -0.340 e. The van der Waals surface area contributed by atoms with Crippen LogP contribution < -0.4 is 5.73 Å². The largest absolute Gasteiger partial charge is 0.340 e. The van der Waals surface area contributed by atoms with Crippen LogP contribution in [0.25, 0.3) is 0 Å². The second-order valence-corrected chi connectivity index (χ2v) is 6.55. The molecule has 0 atom stereocenters. The molecule has 0 spiro atoms. The first-order chi connectivity index (χ1) is 9.92. The first kappa shape index (κ1) is 16.0. The van der Waals surface area contributed by atoms with E-state index in [2.05, 4.69) is 37.8 Å². The monoisotopic (exact) mass is 289 g/mol. The summed E-state index contributed by atoms with van der Waals surface area (Å²) in [5.74, 6) is 0.228. The fraction of sp³-hybridized carbons (Fsp3) is 0.588. The summed E-state index contributed by atoms with van der Waals surface area (Å²) in [5, 5.41) is 0. The number of hydrogen-bond donors (Lipinski definition) is 1. The smallest absolute Gasteiger partial charge is 0.227 e. The molecule has 2 rings (SSSR count). The maximum atomic E-state index is 12.4. The van der Waals surface area contributed by atoms with Crippen molar-refractivity contribution in [2.75, 3.05) is 32.7 Å². The summed E-state index contributed by atoms with van der Waals surface area (Å²) in [5.41, 5.74) is 8.15. The highest BCUT2D eigenvalue weighted by molar-refractivity contribution is 5.79. The van der Waals surface area contributed by atoms with Gasteiger partial charge in [-0.25, -0.2) is 0 Å². The number of piperazine rings is 1. The lowest BCUT2D eigenvalue weighted by molar-refractivity contribution is -0.133. The van der Waals surface area contributed by atoms with Crippen LogP contribution in [0.1, 0.15) is 25.0 Å². The lowest BCUT2D eigenvalue weighted by Gasteiger charge is -2.43. The van der Waals surface area contributed by atoms with E-state index in [-0.39, 0.29) is 11.4 Å². The van der Waals surface area contributed by atoms with Gasteiger partial charge in [0.15, 0.2) is 0 Å². The number of carbonyl (C=O) groups excluding carboxylic acids is 1. The third kappa shape index (κ3) is 4.05. The predicted octanol–water partition coefficient (Wildman–Crippen LogP) is 1.42. The van der Waals surface area contributed by atoms with Crippen LogP contribution in [-0.2, 0) is 11.2 Å². The lowest BCUT2D eigenvalue weighted by Crippen LogP contribution is -2.58. The molecule has 2 N–H and O–H groups in total. The topological polar surface area (TPSA) is 49.6 Å². The maximum Gasteiger partial charge on any atom is 0.227 e. The minimum atomic E-state index is 0.0195. The molecule has 0 radical (unpaired) electrons. The normalized spacial score (nSPS) is 17.0. The van der Waals surface area contributed by atoms with Crippen molar-refractivity contribution in [2.24, 2.45) is 5.73 Å². The predicted molar refractivity (Wildman–Crippen MR) is 86.2 cm³/mol. The number of aryl methyl sites for hydroxylation is 1. The van der Waals surface area contributed by atoms with E-state index in [1.54, 1.807) is 0 Å². The summed E-state index contributed by atoms with van der Waals surface area (Å²) in [7, 11) is 0. The second kappa shape index (κ2) is 6.58. The molecular formula is C17H27N3O. The van der Waals surface area contributed by atoms with Crippen LogP contribution in [-0.4, -0.2) is 54.0 Å². The third-order valence-corrected chi connectivity index (χ3v) is 4.43. The molecule has 0 unspecified atom stereocenters. The Bertz CT molecular complexity index is 491. The molecule has 0 bridgehead atoms. The zero-order valence-corrected chi connectivity index (χ0v) is 13.4. The summed E-state index contributed by atoms with van der Waals surface area (Å²) in [6, 6.07) is 8.19. The Morgan fingerprint density at radius 1 is 1.24 bits per heavy atom. The van der Waals surface area contributed by atoms with Crippen molar-refractivity contribution in [1.29, 1.82) is 0 Å². The number of nitrogens with zero attached hydrogens (tertiary/aromatic N) is 2. The number of rotatable bonds is 4. The van der Waals surface area contributed by atoms with Gasteiger partial charge in [-0.15, -0.1) is 0 Å². The van der Waals surface area contributed by atoms with Gasteiger partial charge in [-0.3, -0.25) is 9.69 Å². The van der Waals surface area contributed by atoms with E-state index >= 15 is 0 Å². The highest BCUT2D eigenvalue weighted by Crippen LogP contribution is 2.16. The van der Waals surface area contributed by atoms with Crippen LogP contribution in [0.3, 0.4) is 0 Å². The van der Waals surface area contributed by atoms with Crippen molar-refractivity contribution in [2.45, 2.75) is 32.7 Å². The Morgan fingerprint density at radius 2 is 1.90 bits per heavy atom. The zero-order valence-electron chi connectivity index (χ0n) is 13.4. The molecule has 1 heterocycles. The summed E-state index contributed by atoms with van der Waals surface area (Å²) >= 11 is 0. The quantitative estimate of drug-likeness (QED) is 0.912. The number of nitrogens with two attached hydrogens (primary N) is 1. The third-order valence-electron chi connectivity index (χ3n) is 4.43. The van der Waals surface area contributed by atoms with Gasteiger partial charge in [-0.2, -0.15) is 0 Å². The molecule has 0 saturated carbocycles. The average molecular weight is 289 g/mol. The Morgan fingerprint density at radius 3 is 2.48 bits per heavy atom. The molecule has 4 heteroatoms. The van der Waals surface area contributed by atoms with Crippen molar-refractivity contribution in [1.82, 2.24) is 9.80 Å². The Labute approximate surface area is 127 Å². The highest BCUT2D eigenvalue weighted by Gasteiger charge is 2.29. The zero-order chi connectivity index (χ0) is 15.5.